The first kappa shape index (κ1) is 22.7. The van der Waals surface area contributed by atoms with Gasteiger partial charge >= 0.3 is 0 Å². The Balaban J connectivity index is 1.55. The van der Waals surface area contributed by atoms with E-state index in [1.807, 2.05) is 48.5 Å². The minimum Gasteiger partial charge on any atom is -0.324 e. The third-order valence-corrected chi connectivity index (χ3v) is 7.38. The second-order valence-corrected chi connectivity index (χ2v) is 9.69. The van der Waals surface area contributed by atoms with E-state index in [-0.39, 0.29) is 23.9 Å². The van der Waals surface area contributed by atoms with Gasteiger partial charge in [-0.25, -0.2) is 0 Å². The molecule has 2 fully saturated rings. The van der Waals surface area contributed by atoms with Crippen LogP contribution in [0.4, 0.5) is 11.4 Å². The smallest absolute Gasteiger partial charge is 0.241 e. The van der Waals surface area contributed by atoms with Gasteiger partial charge in [-0.2, -0.15) is 0 Å². The Morgan fingerprint density at radius 2 is 1.06 bits per heavy atom. The quantitative estimate of drug-likeness (QED) is 0.324. The maximum absolute atomic E-state index is 13.2. The first-order valence-corrected chi connectivity index (χ1v) is 12.8. The number of hydrogen-bond acceptors (Lipinski definition) is 4. The molecule has 0 radical (unpaired) electrons. The molecule has 0 aromatic heterocycles. The molecule has 2 amide bonds. The average Bonchev–Trinajstić information content (AvgIpc) is 3.64. The number of fused-ring (bicyclic) bond motifs is 2. The van der Waals surface area contributed by atoms with Crippen molar-refractivity contribution in [2.24, 2.45) is 0 Å². The van der Waals surface area contributed by atoms with Gasteiger partial charge in [-0.3, -0.25) is 9.59 Å². The molecule has 0 spiro atoms. The van der Waals surface area contributed by atoms with Crippen LogP contribution in [0.5, 0.6) is 0 Å². The van der Waals surface area contributed by atoms with Gasteiger partial charge in [-0.15, -0.1) is 0 Å². The fourth-order valence-corrected chi connectivity index (χ4v) is 5.55. The van der Waals surface area contributed by atoms with Crippen LogP contribution in [0.25, 0.3) is 32.7 Å². The largest absolute Gasteiger partial charge is 0.324 e. The molecule has 2 aliphatic heterocycles. The summed E-state index contributed by atoms with van der Waals surface area (Å²) < 4.78 is 0. The highest BCUT2D eigenvalue weighted by Crippen LogP contribution is 2.43. The van der Waals surface area contributed by atoms with Crippen molar-refractivity contribution in [2.45, 2.75) is 37.8 Å². The van der Waals surface area contributed by atoms with Crippen LogP contribution < -0.4 is 21.3 Å². The Morgan fingerprint density at radius 1 is 0.611 bits per heavy atom. The zero-order valence-electron chi connectivity index (χ0n) is 20.1. The highest BCUT2D eigenvalue weighted by Gasteiger charge is 2.26. The number of carbonyl (C=O) groups excluding carboxylic acids is 2. The number of nitrogens with one attached hydrogen (secondary N) is 4. The second-order valence-electron chi connectivity index (χ2n) is 9.69. The van der Waals surface area contributed by atoms with Gasteiger partial charge in [0.25, 0.3) is 0 Å². The monoisotopic (exact) mass is 478 g/mol. The van der Waals surface area contributed by atoms with Gasteiger partial charge in [-0.05, 0) is 72.5 Å². The number of amides is 2. The summed E-state index contributed by atoms with van der Waals surface area (Å²) in [6.07, 6.45) is 3.66. The van der Waals surface area contributed by atoms with E-state index in [4.69, 9.17) is 0 Å². The molecule has 2 saturated heterocycles. The second kappa shape index (κ2) is 9.72. The molecule has 0 unspecified atom stereocenters. The summed E-state index contributed by atoms with van der Waals surface area (Å²) in [6.45, 7) is 1.72. The molecule has 4 aromatic rings. The number of rotatable bonds is 5. The van der Waals surface area contributed by atoms with E-state index >= 15 is 0 Å². The van der Waals surface area contributed by atoms with E-state index in [0.717, 1.165) is 82.8 Å². The summed E-state index contributed by atoms with van der Waals surface area (Å²) in [7, 11) is 0. The van der Waals surface area contributed by atoms with Crippen molar-refractivity contribution >= 4 is 44.7 Å². The van der Waals surface area contributed by atoms with Crippen molar-refractivity contribution in [3.8, 4) is 11.1 Å². The lowest BCUT2D eigenvalue weighted by Gasteiger charge is -2.21. The maximum atomic E-state index is 13.2. The van der Waals surface area contributed by atoms with Crippen LogP contribution >= 0.6 is 0 Å². The van der Waals surface area contributed by atoms with Crippen LogP contribution in [0, 0.1) is 0 Å². The van der Waals surface area contributed by atoms with Gasteiger partial charge in [-0.1, -0.05) is 60.7 Å². The van der Waals surface area contributed by atoms with Gasteiger partial charge in [0, 0.05) is 22.5 Å². The van der Waals surface area contributed by atoms with Crippen LogP contribution in [0.1, 0.15) is 25.7 Å². The highest BCUT2D eigenvalue weighted by atomic mass is 16.2. The Kier molecular flexibility index (Phi) is 6.13. The number of benzene rings is 4. The van der Waals surface area contributed by atoms with E-state index in [1.165, 1.54) is 0 Å². The lowest BCUT2D eigenvalue weighted by molar-refractivity contribution is -0.118. The summed E-state index contributed by atoms with van der Waals surface area (Å²) in [4.78, 5) is 26.4. The topological polar surface area (TPSA) is 82.3 Å². The maximum Gasteiger partial charge on any atom is 0.241 e. The van der Waals surface area contributed by atoms with Crippen LogP contribution in [0.2, 0.25) is 0 Å². The van der Waals surface area contributed by atoms with Crippen molar-refractivity contribution in [1.82, 2.24) is 10.6 Å². The van der Waals surface area contributed by atoms with Crippen molar-refractivity contribution in [2.75, 3.05) is 23.7 Å². The van der Waals surface area contributed by atoms with E-state index in [2.05, 4.69) is 45.5 Å². The fraction of sp³-hybridized carbons (Fsp3) is 0.267. The van der Waals surface area contributed by atoms with Crippen LogP contribution in [0.3, 0.4) is 0 Å². The molecule has 2 heterocycles. The molecule has 2 atom stereocenters. The molecule has 6 heteroatoms. The van der Waals surface area contributed by atoms with Crippen LogP contribution in [-0.4, -0.2) is 37.0 Å². The Bertz CT molecular complexity index is 1340. The first-order valence-electron chi connectivity index (χ1n) is 12.8. The van der Waals surface area contributed by atoms with Crippen LogP contribution in [0.15, 0.2) is 72.8 Å². The Labute approximate surface area is 210 Å². The Morgan fingerprint density at radius 3 is 1.47 bits per heavy atom. The zero-order valence-corrected chi connectivity index (χ0v) is 20.1. The van der Waals surface area contributed by atoms with Crippen LogP contribution in [-0.2, 0) is 9.59 Å². The standard InChI is InChI=1S/C30H30N4O2/c35-29(25-11-5-17-31-25)33-23-15-13-19-7-1-3-9-21(19)27(23)28-22-10-4-2-8-20(22)14-16-24(28)34-30(36)26-12-6-18-32-26/h1-4,7-10,13-16,25-26,31-32H,5-6,11-12,17-18H2,(H,33,35)(H,34,36)/t25-,26-/m0/s1. The molecule has 36 heavy (non-hydrogen) atoms. The Hall–Kier alpha value is -3.74. The third kappa shape index (κ3) is 4.23. The SMILES string of the molecule is O=C(Nc1ccc2ccccc2c1-c1c(NC(=O)[C@@H]2CCCN2)ccc2ccccc12)[C@@H]1CCCN1. The van der Waals surface area contributed by atoms with E-state index < -0.39 is 0 Å². The molecule has 6 nitrogen and oxygen atoms in total. The highest BCUT2D eigenvalue weighted by molar-refractivity contribution is 6.17. The summed E-state index contributed by atoms with van der Waals surface area (Å²) in [6, 6.07) is 24.1. The molecular formula is C30H30N4O2. The number of hydrogen-bond donors (Lipinski definition) is 4. The lowest BCUT2D eigenvalue weighted by Crippen LogP contribution is -2.36. The van der Waals surface area contributed by atoms with Gasteiger partial charge in [0.2, 0.25) is 11.8 Å². The van der Waals surface area contributed by atoms with Crippen molar-refractivity contribution < 1.29 is 9.59 Å². The third-order valence-electron chi connectivity index (χ3n) is 7.38. The molecule has 0 bridgehead atoms. The summed E-state index contributed by atoms with van der Waals surface area (Å²) in [5.41, 5.74) is 3.34. The minimum absolute atomic E-state index is 0.0231. The predicted octanol–water partition coefficient (Wildman–Crippen LogP) is 5.04. The average molecular weight is 479 g/mol. The molecular weight excluding hydrogens is 448 g/mol. The summed E-state index contributed by atoms with van der Waals surface area (Å²) in [5, 5.41) is 17.2. The molecule has 2 aliphatic rings. The van der Waals surface area contributed by atoms with Gasteiger partial charge in [0.15, 0.2) is 0 Å². The van der Waals surface area contributed by atoms with E-state index in [1.54, 1.807) is 0 Å². The van der Waals surface area contributed by atoms with E-state index in [0.29, 0.717) is 0 Å². The molecule has 0 aliphatic carbocycles. The van der Waals surface area contributed by atoms with Gasteiger partial charge in [0.1, 0.15) is 0 Å². The zero-order chi connectivity index (χ0) is 24.5. The van der Waals surface area contributed by atoms with E-state index in [9.17, 15) is 9.59 Å². The minimum atomic E-state index is -0.190. The van der Waals surface area contributed by atoms with Crippen molar-refractivity contribution in [1.29, 1.82) is 0 Å². The molecule has 4 N–H and O–H groups in total. The van der Waals surface area contributed by atoms with Crippen molar-refractivity contribution in [3.63, 3.8) is 0 Å². The summed E-state index contributed by atoms with van der Waals surface area (Å²) >= 11 is 0. The fourth-order valence-electron chi connectivity index (χ4n) is 5.55. The molecule has 182 valence electrons. The first-order chi connectivity index (χ1) is 17.7. The number of anilines is 2. The number of carbonyl (C=O) groups is 2. The van der Waals surface area contributed by atoms with Gasteiger partial charge in [0.05, 0.1) is 12.1 Å². The molecule has 6 rings (SSSR count). The summed E-state index contributed by atoms with van der Waals surface area (Å²) in [5.74, 6) is -0.0463. The van der Waals surface area contributed by atoms with Crippen molar-refractivity contribution in [3.05, 3.63) is 72.8 Å². The predicted molar refractivity (Wildman–Crippen MR) is 146 cm³/mol. The molecule has 0 saturated carbocycles. The normalized spacial score (nSPS) is 19.6. The van der Waals surface area contributed by atoms with Gasteiger partial charge < -0.3 is 21.3 Å². The lowest BCUT2D eigenvalue weighted by atomic mass is 9.90. The molecule has 4 aromatic carbocycles.